The molecule has 0 fully saturated rings. The van der Waals surface area contributed by atoms with Crippen LogP contribution in [0.15, 0.2) is 11.2 Å². The molecular formula is C17H22N4O3. The van der Waals surface area contributed by atoms with E-state index < -0.39 is 12.0 Å². The summed E-state index contributed by atoms with van der Waals surface area (Å²) >= 11 is 0. The molecule has 2 aliphatic rings. The molecule has 0 spiro atoms. The van der Waals surface area contributed by atoms with Gasteiger partial charge in [-0.15, -0.1) is 5.10 Å². The van der Waals surface area contributed by atoms with Crippen molar-refractivity contribution in [1.82, 2.24) is 5.43 Å². The number of hydrogen-bond acceptors (Lipinski definition) is 4. The summed E-state index contributed by atoms with van der Waals surface area (Å²) in [6.07, 6.45) is 6.31. The highest BCUT2D eigenvalue weighted by atomic mass is 16.5. The Balaban J connectivity index is 1.74. The van der Waals surface area contributed by atoms with Gasteiger partial charge in [0.15, 0.2) is 0 Å². The second kappa shape index (κ2) is 6.90. The molecule has 1 aromatic rings. The highest BCUT2D eigenvalue weighted by Crippen LogP contribution is 2.38. The quantitative estimate of drug-likeness (QED) is 0.339. The number of nitrogens with two attached hydrogens (primary N) is 1. The van der Waals surface area contributed by atoms with Crippen LogP contribution in [0, 0.1) is 0 Å². The van der Waals surface area contributed by atoms with Gasteiger partial charge in [0.2, 0.25) is 5.84 Å². The molecule has 0 saturated carbocycles. The molecule has 0 bridgehead atoms. The number of carbonyl (C=O) groups excluding carboxylic acids is 2. The lowest BCUT2D eigenvalue weighted by molar-refractivity contribution is -0.135. The Bertz CT molecular complexity index is 680. The van der Waals surface area contributed by atoms with Crippen LogP contribution in [0.25, 0.3) is 0 Å². The van der Waals surface area contributed by atoms with E-state index >= 15 is 0 Å². The highest BCUT2D eigenvalue weighted by molar-refractivity contribution is 6.34. The Morgan fingerprint density at radius 3 is 2.38 bits per heavy atom. The molecule has 24 heavy (non-hydrogen) atoms. The second-order valence-corrected chi connectivity index (χ2v) is 6.02. The number of nitrogens with zero attached hydrogens (tertiary/aromatic N) is 1. The smallest absolute Gasteiger partial charge is 0.375 e. The Kier molecular flexibility index (Phi) is 4.69. The molecular weight excluding hydrogens is 308 g/mol. The lowest BCUT2D eigenvalue weighted by Gasteiger charge is -2.15. The maximum Gasteiger partial charge on any atom is 0.375 e. The molecule has 0 heterocycles. The van der Waals surface area contributed by atoms with Crippen molar-refractivity contribution >= 4 is 23.5 Å². The zero-order valence-electron chi connectivity index (χ0n) is 13.8. The van der Waals surface area contributed by atoms with Gasteiger partial charge >= 0.3 is 12.0 Å². The van der Waals surface area contributed by atoms with Gasteiger partial charge in [0.25, 0.3) is 0 Å². The lowest BCUT2D eigenvalue weighted by atomic mass is 9.99. The Morgan fingerprint density at radius 1 is 1.17 bits per heavy atom. The van der Waals surface area contributed by atoms with Crippen LogP contribution in [-0.4, -0.2) is 24.4 Å². The van der Waals surface area contributed by atoms with Crippen molar-refractivity contribution in [3.63, 3.8) is 0 Å². The summed E-state index contributed by atoms with van der Waals surface area (Å²) in [6, 6.07) is 1.79. The number of rotatable bonds is 3. The summed E-state index contributed by atoms with van der Waals surface area (Å²) in [7, 11) is 0. The molecule has 0 aromatic heterocycles. The fourth-order valence-corrected chi connectivity index (χ4v) is 3.47. The van der Waals surface area contributed by atoms with Crippen molar-refractivity contribution in [2.75, 3.05) is 11.9 Å². The number of urea groups is 1. The van der Waals surface area contributed by atoms with E-state index in [1.165, 1.54) is 22.3 Å². The fraction of sp³-hybridized carbons (Fsp3) is 0.471. The summed E-state index contributed by atoms with van der Waals surface area (Å²) in [5, 5.41) is 6.49. The lowest BCUT2D eigenvalue weighted by Crippen LogP contribution is -2.32. The maximum absolute atomic E-state index is 12.2. The van der Waals surface area contributed by atoms with E-state index in [2.05, 4.69) is 21.9 Å². The predicted octanol–water partition coefficient (Wildman–Crippen LogP) is 1.62. The van der Waals surface area contributed by atoms with Gasteiger partial charge < -0.3 is 15.8 Å². The highest BCUT2D eigenvalue weighted by Gasteiger charge is 2.24. The van der Waals surface area contributed by atoms with Gasteiger partial charge in [-0.2, -0.15) is 0 Å². The summed E-state index contributed by atoms with van der Waals surface area (Å²) in [6.45, 7) is 1.87. The zero-order valence-corrected chi connectivity index (χ0v) is 13.8. The van der Waals surface area contributed by atoms with Gasteiger partial charge in [0.1, 0.15) is 0 Å². The third-order valence-corrected chi connectivity index (χ3v) is 4.47. The third-order valence-electron chi connectivity index (χ3n) is 4.47. The van der Waals surface area contributed by atoms with E-state index in [1.807, 2.05) is 0 Å². The molecule has 7 nitrogen and oxygen atoms in total. The molecule has 0 saturated heterocycles. The number of benzene rings is 1. The molecule has 7 heteroatoms. The zero-order chi connectivity index (χ0) is 17.1. The van der Waals surface area contributed by atoms with Crippen LogP contribution in [-0.2, 0) is 35.2 Å². The minimum Gasteiger partial charge on any atom is -0.460 e. The second-order valence-electron chi connectivity index (χ2n) is 6.02. The first-order valence-corrected chi connectivity index (χ1v) is 8.34. The fourth-order valence-electron chi connectivity index (χ4n) is 3.47. The van der Waals surface area contributed by atoms with E-state index in [-0.39, 0.29) is 12.4 Å². The van der Waals surface area contributed by atoms with Crippen molar-refractivity contribution in [3.8, 4) is 0 Å². The van der Waals surface area contributed by atoms with Gasteiger partial charge in [-0.3, -0.25) is 0 Å². The van der Waals surface area contributed by atoms with E-state index in [4.69, 9.17) is 10.5 Å². The molecule has 0 unspecified atom stereocenters. The number of anilines is 1. The SMILES string of the molecule is CCOC(=O)/C(N)=N/NC(=O)Nc1c2c(cc3c1CCC3)CCC2. The Morgan fingerprint density at radius 2 is 1.79 bits per heavy atom. The Labute approximate surface area is 140 Å². The minimum absolute atomic E-state index is 0.198. The van der Waals surface area contributed by atoms with Crippen molar-refractivity contribution in [2.24, 2.45) is 10.8 Å². The molecule has 0 aliphatic heterocycles. The van der Waals surface area contributed by atoms with Crippen LogP contribution < -0.4 is 16.5 Å². The van der Waals surface area contributed by atoms with E-state index in [1.54, 1.807) is 6.92 Å². The van der Waals surface area contributed by atoms with Gasteiger partial charge in [0.05, 0.1) is 6.61 Å². The number of nitrogens with one attached hydrogen (secondary N) is 2. The summed E-state index contributed by atoms with van der Waals surface area (Å²) in [4.78, 5) is 23.5. The average molecular weight is 330 g/mol. The number of hydrazone groups is 1. The van der Waals surface area contributed by atoms with Gasteiger partial charge in [-0.25, -0.2) is 15.0 Å². The predicted molar refractivity (Wildman–Crippen MR) is 90.9 cm³/mol. The molecule has 0 radical (unpaired) electrons. The van der Waals surface area contributed by atoms with Crippen LogP contribution >= 0.6 is 0 Å². The van der Waals surface area contributed by atoms with Crippen molar-refractivity contribution < 1.29 is 14.3 Å². The number of amides is 2. The van der Waals surface area contributed by atoms with Crippen LogP contribution in [0.4, 0.5) is 10.5 Å². The summed E-state index contributed by atoms with van der Waals surface area (Å²) in [5.74, 6) is -1.13. The number of ether oxygens (including phenoxy) is 1. The van der Waals surface area contributed by atoms with Gasteiger partial charge in [0, 0.05) is 5.69 Å². The standard InChI is InChI=1S/C17H22N4O3/c1-2-24-16(22)15(18)20-21-17(23)19-14-12-7-3-5-10(12)9-11-6-4-8-13(11)14/h9H,2-8H2,1H3,(H2,18,20)(H2,19,21,23). The van der Waals surface area contributed by atoms with E-state index in [0.717, 1.165) is 44.2 Å². The minimum atomic E-state index is -0.751. The number of amidine groups is 1. The maximum atomic E-state index is 12.2. The molecule has 4 N–H and O–H groups in total. The van der Waals surface area contributed by atoms with Crippen LogP contribution in [0.2, 0.25) is 0 Å². The van der Waals surface area contributed by atoms with Crippen LogP contribution in [0.5, 0.6) is 0 Å². The summed E-state index contributed by atoms with van der Waals surface area (Å²) in [5.41, 5.74) is 13.8. The number of esters is 1. The first-order chi connectivity index (χ1) is 11.6. The summed E-state index contributed by atoms with van der Waals surface area (Å²) < 4.78 is 4.71. The molecule has 3 rings (SSSR count). The molecule has 2 amide bonds. The van der Waals surface area contributed by atoms with Gasteiger partial charge in [-0.1, -0.05) is 6.07 Å². The molecule has 2 aliphatic carbocycles. The van der Waals surface area contributed by atoms with Crippen molar-refractivity contribution in [1.29, 1.82) is 0 Å². The monoisotopic (exact) mass is 330 g/mol. The largest absolute Gasteiger partial charge is 0.460 e. The first-order valence-electron chi connectivity index (χ1n) is 8.34. The number of aryl methyl sites for hydroxylation is 2. The van der Waals surface area contributed by atoms with E-state index in [0.29, 0.717) is 0 Å². The van der Waals surface area contributed by atoms with E-state index in [9.17, 15) is 9.59 Å². The number of carbonyl (C=O) groups is 2. The first kappa shape index (κ1) is 16.3. The number of hydrogen-bond donors (Lipinski definition) is 3. The van der Waals surface area contributed by atoms with Crippen LogP contribution in [0.3, 0.4) is 0 Å². The molecule has 1 aromatic carbocycles. The topological polar surface area (TPSA) is 106 Å². The molecule has 128 valence electrons. The van der Waals surface area contributed by atoms with Gasteiger partial charge in [-0.05, 0) is 67.7 Å². The van der Waals surface area contributed by atoms with Crippen LogP contribution in [0.1, 0.15) is 42.0 Å². The number of fused-ring (bicyclic) bond motifs is 2. The molecule has 0 atom stereocenters. The van der Waals surface area contributed by atoms with Crippen molar-refractivity contribution in [3.05, 3.63) is 28.3 Å². The third kappa shape index (κ3) is 3.20. The Hall–Kier alpha value is -2.57. The average Bonchev–Trinajstić information content (AvgIpc) is 3.21. The normalized spacial score (nSPS) is 15.6. The van der Waals surface area contributed by atoms with Crippen molar-refractivity contribution in [2.45, 2.75) is 45.4 Å².